The van der Waals surface area contributed by atoms with Crippen LogP contribution in [0.5, 0.6) is 0 Å². The van der Waals surface area contributed by atoms with E-state index in [2.05, 4.69) is 36.1 Å². The van der Waals surface area contributed by atoms with Crippen molar-refractivity contribution in [3.63, 3.8) is 0 Å². The molecule has 1 aliphatic rings. The van der Waals surface area contributed by atoms with Gasteiger partial charge in [0.05, 0.1) is 0 Å². The Labute approximate surface area is 127 Å². The number of anilines is 1. The predicted molar refractivity (Wildman–Crippen MR) is 85.5 cm³/mol. The highest BCUT2D eigenvalue weighted by Crippen LogP contribution is 2.30. The summed E-state index contributed by atoms with van der Waals surface area (Å²) in [6.07, 6.45) is 5.42. The van der Waals surface area contributed by atoms with Gasteiger partial charge in [0, 0.05) is 18.0 Å². The lowest BCUT2D eigenvalue weighted by molar-refractivity contribution is 0.268. The summed E-state index contributed by atoms with van der Waals surface area (Å²) in [6, 6.07) is 0. The Hall–Kier alpha value is -0.830. The van der Waals surface area contributed by atoms with Gasteiger partial charge in [-0.2, -0.15) is 0 Å². The Morgan fingerprint density at radius 1 is 1.25 bits per heavy atom. The van der Waals surface area contributed by atoms with Crippen molar-refractivity contribution in [2.24, 2.45) is 11.8 Å². The second kappa shape index (κ2) is 6.75. The number of rotatable bonds is 4. The summed E-state index contributed by atoms with van der Waals surface area (Å²) >= 11 is 6.22. The highest BCUT2D eigenvalue weighted by atomic mass is 35.5. The molecular weight excluding hydrogens is 270 g/mol. The van der Waals surface area contributed by atoms with E-state index in [0.717, 1.165) is 35.6 Å². The standard InChI is InChI=1S/C16H26ClN3/c1-10(2)15-19-14(17)12(4)16(20-15)18-9-13-8-6-5-7-11(13)3/h10-11,13H,5-9H2,1-4H3,(H,18,19,20). The summed E-state index contributed by atoms with van der Waals surface area (Å²) in [5, 5.41) is 4.09. The van der Waals surface area contributed by atoms with Gasteiger partial charge in [-0.3, -0.25) is 0 Å². The second-order valence-electron chi connectivity index (χ2n) is 6.40. The summed E-state index contributed by atoms with van der Waals surface area (Å²) < 4.78 is 0. The van der Waals surface area contributed by atoms with Gasteiger partial charge >= 0.3 is 0 Å². The molecule has 0 saturated heterocycles. The van der Waals surface area contributed by atoms with Gasteiger partial charge in [0.25, 0.3) is 0 Å². The molecule has 0 aromatic carbocycles. The Balaban J connectivity index is 2.08. The summed E-state index contributed by atoms with van der Waals surface area (Å²) in [7, 11) is 0. The lowest BCUT2D eigenvalue weighted by atomic mass is 9.80. The van der Waals surface area contributed by atoms with Gasteiger partial charge in [0.1, 0.15) is 16.8 Å². The highest BCUT2D eigenvalue weighted by molar-refractivity contribution is 6.30. The van der Waals surface area contributed by atoms with E-state index in [1.807, 2.05) is 6.92 Å². The molecule has 1 aliphatic carbocycles. The molecule has 0 aliphatic heterocycles. The third-order valence-corrected chi connectivity index (χ3v) is 4.81. The molecule has 1 heterocycles. The van der Waals surface area contributed by atoms with Crippen LogP contribution in [0.3, 0.4) is 0 Å². The lowest BCUT2D eigenvalue weighted by Crippen LogP contribution is -2.25. The fraction of sp³-hybridized carbons (Fsp3) is 0.750. The zero-order valence-corrected chi connectivity index (χ0v) is 13.8. The van der Waals surface area contributed by atoms with Crippen molar-refractivity contribution in [1.82, 2.24) is 9.97 Å². The third kappa shape index (κ3) is 3.63. The maximum absolute atomic E-state index is 6.22. The average molecular weight is 296 g/mol. The van der Waals surface area contributed by atoms with Crippen LogP contribution < -0.4 is 5.32 Å². The topological polar surface area (TPSA) is 37.8 Å². The SMILES string of the molecule is Cc1c(Cl)nc(C(C)C)nc1NCC1CCCCC1C. The number of nitrogens with one attached hydrogen (secondary N) is 1. The van der Waals surface area contributed by atoms with Gasteiger partial charge in [-0.1, -0.05) is 51.6 Å². The van der Waals surface area contributed by atoms with E-state index in [4.69, 9.17) is 11.6 Å². The van der Waals surface area contributed by atoms with Gasteiger partial charge in [0.2, 0.25) is 0 Å². The molecule has 1 aromatic rings. The first-order chi connectivity index (χ1) is 9.49. The number of hydrogen-bond donors (Lipinski definition) is 1. The number of halogens is 1. The van der Waals surface area contributed by atoms with E-state index in [1.54, 1.807) is 0 Å². The monoisotopic (exact) mass is 295 g/mol. The predicted octanol–water partition coefficient (Wildman–Crippen LogP) is 4.80. The number of nitrogens with zero attached hydrogens (tertiary/aromatic N) is 2. The van der Waals surface area contributed by atoms with Crippen LogP contribution in [0.15, 0.2) is 0 Å². The molecule has 2 atom stereocenters. The van der Waals surface area contributed by atoms with Crippen LogP contribution in [-0.4, -0.2) is 16.5 Å². The van der Waals surface area contributed by atoms with Crippen molar-refractivity contribution in [2.45, 2.75) is 59.3 Å². The Bertz CT molecular complexity index is 459. The molecule has 112 valence electrons. The van der Waals surface area contributed by atoms with E-state index >= 15 is 0 Å². The maximum Gasteiger partial charge on any atom is 0.137 e. The molecule has 0 amide bonds. The molecule has 3 nitrogen and oxygen atoms in total. The van der Waals surface area contributed by atoms with Gasteiger partial charge in [-0.25, -0.2) is 9.97 Å². The van der Waals surface area contributed by atoms with Crippen molar-refractivity contribution in [2.75, 3.05) is 11.9 Å². The zero-order chi connectivity index (χ0) is 14.7. The first-order valence-electron chi connectivity index (χ1n) is 7.77. The maximum atomic E-state index is 6.22. The zero-order valence-electron chi connectivity index (χ0n) is 13.0. The fourth-order valence-electron chi connectivity index (χ4n) is 2.86. The fourth-order valence-corrected chi connectivity index (χ4v) is 3.04. The molecule has 0 radical (unpaired) electrons. The molecule has 2 unspecified atom stereocenters. The molecule has 1 aromatic heterocycles. The quantitative estimate of drug-likeness (QED) is 0.811. The van der Waals surface area contributed by atoms with E-state index in [0.29, 0.717) is 11.1 Å². The van der Waals surface area contributed by atoms with Crippen LogP contribution >= 0.6 is 11.6 Å². The van der Waals surface area contributed by atoms with Crippen LogP contribution in [0, 0.1) is 18.8 Å². The summed E-state index contributed by atoms with van der Waals surface area (Å²) in [6.45, 7) is 9.53. The first kappa shape index (κ1) is 15.6. The van der Waals surface area contributed by atoms with Crippen LogP contribution in [0.1, 0.15) is 63.8 Å². The Morgan fingerprint density at radius 2 is 1.95 bits per heavy atom. The van der Waals surface area contributed by atoms with E-state index in [-0.39, 0.29) is 0 Å². The summed E-state index contributed by atoms with van der Waals surface area (Å²) in [5.41, 5.74) is 0.958. The van der Waals surface area contributed by atoms with Crippen molar-refractivity contribution >= 4 is 17.4 Å². The molecule has 0 spiro atoms. The van der Waals surface area contributed by atoms with E-state index in [9.17, 15) is 0 Å². The van der Waals surface area contributed by atoms with Crippen LogP contribution in [-0.2, 0) is 0 Å². The lowest BCUT2D eigenvalue weighted by Gasteiger charge is -2.29. The normalized spacial score (nSPS) is 23.1. The molecule has 1 saturated carbocycles. The van der Waals surface area contributed by atoms with Crippen molar-refractivity contribution < 1.29 is 0 Å². The third-order valence-electron chi connectivity index (χ3n) is 4.44. The van der Waals surface area contributed by atoms with Crippen molar-refractivity contribution in [1.29, 1.82) is 0 Å². The van der Waals surface area contributed by atoms with Crippen LogP contribution in [0.4, 0.5) is 5.82 Å². The highest BCUT2D eigenvalue weighted by Gasteiger charge is 2.21. The Morgan fingerprint density at radius 3 is 2.60 bits per heavy atom. The van der Waals surface area contributed by atoms with Crippen LogP contribution in [0.25, 0.3) is 0 Å². The second-order valence-corrected chi connectivity index (χ2v) is 6.76. The van der Waals surface area contributed by atoms with Gasteiger partial charge < -0.3 is 5.32 Å². The minimum absolute atomic E-state index is 0.294. The number of aromatic nitrogens is 2. The molecule has 4 heteroatoms. The van der Waals surface area contributed by atoms with Crippen molar-refractivity contribution in [3.8, 4) is 0 Å². The minimum Gasteiger partial charge on any atom is -0.369 e. The van der Waals surface area contributed by atoms with Gasteiger partial charge in [0.15, 0.2) is 0 Å². The minimum atomic E-state index is 0.294. The average Bonchev–Trinajstić information content (AvgIpc) is 2.41. The molecule has 0 bridgehead atoms. The molecule has 1 fully saturated rings. The van der Waals surface area contributed by atoms with Gasteiger partial charge in [-0.15, -0.1) is 0 Å². The smallest absolute Gasteiger partial charge is 0.137 e. The summed E-state index contributed by atoms with van der Waals surface area (Å²) in [4.78, 5) is 8.99. The molecular formula is C16H26ClN3. The van der Waals surface area contributed by atoms with Crippen LogP contribution in [0.2, 0.25) is 5.15 Å². The Kier molecular flexibility index (Phi) is 5.25. The van der Waals surface area contributed by atoms with E-state index in [1.165, 1.54) is 25.7 Å². The molecule has 2 rings (SSSR count). The summed E-state index contributed by atoms with van der Waals surface area (Å²) in [5.74, 6) is 3.58. The van der Waals surface area contributed by atoms with Crippen molar-refractivity contribution in [3.05, 3.63) is 16.5 Å². The van der Waals surface area contributed by atoms with Gasteiger partial charge in [-0.05, 0) is 25.2 Å². The first-order valence-corrected chi connectivity index (χ1v) is 8.14. The number of hydrogen-bond acceptors (Lipinski definition) is 3. The molecule has 20 heavy (non-hydrogen) atoms. The van der Waals surface area contributed by atoms with E-state index < -0.39 is 0 Å². The molecule has 1 N–H and O–H groups in total. The largest absolute Gasteiger partial charge is 0.369 e.